The van der Waals surface area contributed by atoms with E-state index in [2.05, 4.69) is 39.2 Å². The monoisotopic (exact) mass is 665 g/mol. The zero-order valence-electron chi connectivity index (χ0n) is 26.5. The van der Waals surface area contributed by atoms with E-state index < -0.39 is 47.5 Å². The standard InChI is InChI=1S/C30H47N7O8S/c1-18(2)25(36-23(38)9-5-4-6-15-37-24(39)16-22(46)28(37)42)27(41)35-21(8-7-14-33-29(31)43)26(40)34-20-12-10-19(11-13-20)17-45-30(44)32-3/h10-13,18,21-22,24-25,39,46H,4-9,14-17H2,1-3H3,(H,32,44)(H,34,40)(H,35,41)(H,36,38)(H3,31,33,43)/t21-,22?,24?,25-/m0/s1. The molecule has 1 heterocycles. The minimum Gasteiger partial charge on any atom is -0.445 e. The van der Waals surface area contributed by atoms with Gasteiger partial charge >= 0.3 is 12.1 Å². The predicted molar refractivity (Wildman–Crippen MR) is 173 cm³/mol. The number of rotatable bonds is 18. The van der Waals surface area contributed by atoms with Gasteiger partial charge in [-0.25, -0.2) is 9.59 Å². The van der Waals surface area contributed by atoms with Crippen LogP contribution in [0.4, 0.5) is 15.3 Å². The Balaban J connectivity index is 1.93. The molecule has 0 aliphatic carbocycles. The van der Waals surface area contributed by atoms with Crippen LogP contribution in [-0.4, -0.2) is 89.5 Å². The molecule has 1 aromatic rings. The molecule has 1 aromatic carbocycles. The Morgan fingerprint density at radius 2 is 1.74 bits per heavy atom. The first kappa shape index (κ1) is 38.1. The number of hydrogen-bond donors (Lipinski definition) is 8. The number of anilines is 1. The molecule has 0 saturated carbocycles. The fourth-order valence-corrected chi connectivity index (χ4v) is 5.07. The number of carbonyl (C=O) groups is 6. The number of unbranched alkanes of at least 4 members (excludes halogenated alkanes) is 2. The fraction of sp³-hybridized carbons (Fsp3) is 0.600. The van der Waals surface area contributed by atoms with Crippen LogP contribution in [0.1, 0.15) is 64.4 Å². The Morgan fingerprint density at radius 3 is 2.33 bits per heavy atom. The summed E-state index contributed by atoms with van der Waals surface area (Å²) in [5.74, 6) is -1.84. The minimum atomic E-state index is -0.989. The lowest BCUT2D eigenvalue weighted by Gasteiger charge is -2.25. The van der Waals surface area contributed by atoms with E-state index in [4.69, 9.17) is 10.5 Å². The van der Waals surface area contributed by atoms with Crippen LogP contribution in [0.25, 0.3) is 0 Å². The van der Waals surface area contributed by atoms with Crippen LogP contribution in [0.15, 0.2) is 24.3 Å². The molecule has 1 aliphatic heterocycles. The van der Waals surface area contributed by atoms with Crippen molar-refractivity contribution in [3.8, 4) is 0 Å². The molecule has 1 saturated heterocycles. The SMILES string of the molecule is CNC(=O)OCc1ccc(NC(=O)[C@H](CCCNC(N)=O)NC(=O)[C@@H](NC(=O)CCCCCN2C(=O)C(S)CC2O)C(C)C)cc1. The van der Waals surface area contributed by atoms with Crippen LogP contribution >= 0.6 is 12.6 Å². The highest BCUT2D eigenvalue weighted by Gasteiger charge is 2.35. The summed E-state index contributed by atoms with van der Waals surface area (Å²) in [5, 5.41) is 22.5. The lowest BCUT2D eigenvalue weighted by atomic mass is 10.0. The topological polar surface area (TPSA) is 221 Å². The van der Waals surface area contributed by atoms with Crippen LogP contribution in [-0.2, 0) is 30.5 Å². The summed E-state index contributed by atoms with van der Waals surface area (Å²) in [7, 11) is 1.45. The molecule has 7 amide bonds. The van der Waals surface area contributed by atoms with Gasteiger partial charge in [0.25, 0.3) is 0 Å². The lowest BCUT2D eigenvalue weighted by Crippen LogP contribution is -2.54. The van der Waals surface area contributed by atoms with Crippen LogP contribution in [0.3, 0.4) is 0 Å². The summed E-state index contributed by atoms with van der Waals surface area (Å²) in [5.41, 5.74) is 6.28. The van der Waals surface area contributed by atoms with Crippen molar-refractivity contribution < 1.29 is 38.6 Å². The summed E-state index contributed by atoms with van der Waals surface area (Å²) in [6, 6.07) is 4.02. The second-order valence-corrected chi connectivity index (χ2v) is 12.0. The number of ether oxygens (including phenoxy) is 1. The predicted octanol–water partition coefficient (Wildman–Crippen LogP) is 0.965. The van der Waals surface area contributed by atoms with Crippen molar-refractivity contribution in [3.05, 3.63) is 29.8 Å². The third-order valence-electron chi connectivity index (χ3n) is 7.33. The van der Waals surface area contributed by atoms with Crippen molar-refractivity contribution in [2.24, 2.45) is 11.7 Å². The first-order valence-electron chi connectivity index (χ1n) is 15.4. The summed E-state index contributed by atoms with van der Waals surface area (Å²) in [6.45, 7) is 4.17. The maximum absolute atomic E-state index is 13.3. The van der Waals surface area contributed by atoms with Gasteiger partial charge in [0.15, 0.2) is 0 Å². The highest BCUT2D eigenvalue weighted by Crippen LogP contribution is 2.22. The minimum absolute atomic E-state index is 0.0439. The van der Waals surface area contributed by atoms with Crippen LogP contribution in [0.5, 0.6) is 0 Å². The average molecular weight is 666 g/mol. The maximum Gasteiger partial charge on any atom is 0.407 e. The number of likely N-dealkylation sites (tertiary alicyclic amines) is 1. The number of nitrogens with two attached hydrogens (primary N) is 1. The zero-order valence-corrected chi connectivity index (χ0v) is 27.4. The number of aliphatic hydroxyl groups excluding tert-OH is 1. The van der Waals surface area contributed by atoms with Crippen molar-refractivity contribution in [2.75, 3.05) is 25.5 Å². The van der Waals surface area contributed by atoms with Gasteiger partial charge in [0.1, 0.15) is 24.9 Å². The van der Waals surface area contributed by atoms with Gasteiger partial charge in [-0.3, -0.25) is 19.2 Å². The van der Waals surface area contributed by atoms with E-state index in [0.29, 0.717) is 49.9 Å². The van der Waals surface area contributed by atoms with Gasteiger partial charge < -0.3 is 47.1 Å². The largest absolute Gasteiger partial charge is 0.445 e. The van der Waals surface area contributed by atoms with Gasteiger partial charge in [0.05, 0.1) is 5.25 Å². The van der Waals surface area contributed by atoms with Crippen molar-refractivity contribution >= 4 is 54.1 Å². The molecule has 2 rings (SSSR count). The Kier molecular flexibility index (Phi) is 16.1. The van der Waals surface area contributed by atoms with Gasteiger partial charge in [0.2, 0.25) is 23.6 Å². The second-order valence-electron chi connectivity index (χ2n) is 11.4. The molecule has 46 heavy (non-hydrogen) atoms. The number of hydrogen-bond acceptors (Lipinski definition) is 9. The number of urea groups is 1. The molecule has 15 nitrogen and oxygen atoms in total. The Hall–Kier alpha value is -4.05. The fourth-order valence-electron chi connectivity index (χ4n) is 4.73. The van der Waals surface area contributed by atoms with Crippen molar-refractivity contribution in [3.63, 3.8) is 0 Å². The van der Waals surface area contributed by atoms with Gasteiger partial charge in [-0.15, -0.1) is 0 Å². The van der Waals surface area contributed by atoms with E-state index in [9.17, 15) is 33.9 Å². The summed E-state index contributed by atoms with van der Waals surface area (Å²) >= 11 is 4.17. The van der Waals surface area contributed by atoms with Crippen molar-refractivity contribution in [1.29, 1.82) is 0 Å². The Morgan fingerprint density at radius 1 is 1.04 bits per heavy atom. The van der Waals surface area contributed by atoms with Crippen LogP contribution < -0.4 is 32.3 Å². The Bertz CT molecular complexity index is 1200. The molecule has 0 spiro atoms. The third kappa shape index (κ3) is 13.1. The zero-order chi connectivity index (χ0) is 34.2. The van der Waals surface area contributed by atoms with E-state index in [0.717, 1.165) is 0 Å². The van der Waals surface area contributed by atoms with Crippen LogP contribution in [0, 0.1) is 5.92 Å². The highest BCUT2D eigenvalue weighted by molar-refractivity contribution is 7.81. The molecule has 256 valence electrons. The molecule has 1 aliphatic rings. The first-order valence-corrected chi connectivity index (χ1v) is 15.9. The summed E-state index contributed by atoms with van der Waals surface area (Å²) in [6.07, 6.45) is 1.34. The number of amides is 7. The molecule has 8 N–H and O–H groups in total. The molecule has 2 unspecified atom stereocenters. The molecule has 0 bridgehead atoms. The summed E-state index contributed by atoms with van der Waals surface area (Å²) in [4.78, 5) is 75.1. The molecular weight excluding hydrogens is 618 g/mol. The quantitative estimate of drug-likeness (QED) is 0.0832. The van der Waals surface area contributed by atoms with Gasteiger partial charge in [-0.05, 0) is 49.3 Å². The lowest BCUT2D eigenvalue weighted by molar-refractivity contribution is -0.133. The first-order chi connectivity index (χ1) is 21.8. The number of carbonyl (C=O) groups excluding carboxylic acids is 6. The second kappa shape index (κ2) is 19.5. The van der Waals surface area contributed by atoms with Gasteiger partial charge in [0, 0.05) is 38.7 Å². The van der Waals surface area contributed by atoms with E-state index in [1.54, 1.807) is 38.1 Å². The Labute approximate surface area is 274 Å². The summed E-state index contributed by atoms with van der Waals surface area (Å²) < 4.78 is 5.01. The number of benzene rings is 1. The molecular formula is C30H47N7O8S. The van der Waals surface area contributed by atoms with Crippen molar-refractivity contribution in [1.82, 2.24) is 26.2 Å². The number of nitrogens with one attached hydrogen (secondary N) is 5. The van der Waals surface area contributed by atoms with E-state index >= 15 is 0 Å². The smallest absolute Gasteiger partial charge is 0.407 e. The molecule has 0 aromatic heterocycles. The van der Waals surface area contributed by atoms with Crippen molar-refractivity contribution in [2.45, 2.75) is 89.0 Å². The van der Waals surface area contributed by atoms with E-state index in [1.807, 2.05) is 0 Å². The molecule has 1 fully saturated rings. The maximum atomic E-state index is 13.3. The highest BCUT2D eigenvalue weighted by atomic mass is 32.1. The molecule has 16 heteroatoms. The van der Waals surface area contributed by atoms with Crippen LogP contribution in [0.2, 0.25) is 0 Å². The normalized spacial score (nSPS) is 17.2. The van der Waals surface area contributed by atoms with E-state index in [1.165, 1.54) is 11.9 Å². The number of thiol groups is 1. The number of aliphatic hydroxyl groups is 1. The van der Waals surface area contributed by atoms with Gasteiger partial charge in [-0.1, -0.05) is 32.4 Å². The number of nitrogens with zero attached hydrogens (tertiary/aromatic N) is 1. The number of primary amides is 1. The average Bonchev–Trinajstić information content (AvgIpc) is 3.25. The molecule has 0 radical (unpaired) electrons. The van der Waals surface area contributed by atoms with Gasteiger partial charge in [-0.2, -0.15) is 12.6 Å². The third-order valence-corrected chi connectivity index (χ3v) is 7.76. The molecule has 4 atom stereocenters. The number of alkyl carbamates (subject to hydrolysis) is 1. The van der Waals surface area contributed by atoms with E-state index in [-0.39, 0.29) is 43.7 Å².